The highest BCUT2D eigenvalue weighted by atomic mass is 35.5. The zero-order chi connectivity index (χ0) is 20.1. The smallest absolute Gasteiger partial charge is 0.223 e. The van der Waals surface area contributed by atoms with Crippen LogP contribution in [0.25, 0.3) is 11.1 Å². The molecule has 1 aliphatic rings. The number of carbonyl (C=O) groups is 1. The molecule has 2 aromatic rings. The summed E-state index contributed by atoms with van der Waals surface area (Å²) in [5.41, 5.74) is 8.46. The van der Waals surface area contributed by atoms with Gasteiger partial charge in [-0.05, 0) is 74.5 Å². The van der Waals surface area contributed by atoms with E-state index in [1.54, 1.807) is 7.11 Å². The number of rotatable bonds is 7. The van der Waals surface area contributed by atoms with Crippen molar-refractivity contribution in [2.24, 2.45) is 11.1 Å². The Balaban J connectivity index is 0.00000225. The number of halogens is 2. The first-order chi connectivity index (χ1) is 13.5. The summed E-state index contributed by atoms with van der Waals surface area (Å²) >= 11 is 0. The maximum absolute atomic E-state index is 12.4. The van der Waals surface area contributed by atoms with Gasteiger partial charge in [0.2, 0.25) is 5.91 Å². The van der Waals surface area contributed by atoms with E-state index in [2.05, 4.69) is 21.7 Å². The van der Waals surface area contributed by atoms with Gasteiger partial charge in [0.25, 0.3) is 0 Å². The van der Waals surface area contributed by atoms with Crippen LogP contribution in [0, 0.1) is 5.41 Å². The van der Waals surface area contributed by atoms with Gasteiger partial charge in [-0.1, -0.05) is 6.07 Å². The summed E-state index contributed by atoms with van der Waals surface area (Å²) in [7, 11) is 5.48. The summed E-state index contributed by atoms with van der Waals surface area (Å²) in [6.07, 6.45) is 5.93. The van der Waals surface area contributed by atoms with E-state index in [-0.39, 0.29) is 30.7 Å². The number of hydrogen-bond donors (Lipinski definition) is 3. The van der Waals surface area contributed by atoms with E-state index in [0.717, 1.165) is 53.9 Å². The van der Waals surface area contributed by atoms with Crippen molar-refractivity contribution in [3.63, 3.8) is 0 Å². The highest BCUT2D eigenvalue weighted by Gasteiger charge is 2.40. The molecule has 0 bridgehead atoms. The molecule has 166 valence electrons. The maximum Gasteiger partial charge on any atom is 0.223 e. The van der Waals surface area contributed by atoms with Crippen molar-refractivity contribution < 1.29 is 9.53 Å². The molecular weight excluding hydrogens is 423 g/mol. The van der Waals surface area contributed by atoms with Crippen molar-refractivity contribution in [2.45, 2.75) is 38.1 Å². The lowest BCUT2D eigenvalue weighted by atomic mass is 9.68. The van der Waals surface area contributed by atoms with Gasteiger partial charge in [0.1, 0.15) is 11.6 Å². The van der Waals surface area contributed by atoms with E-state index in [1.807, 2.05) is 44.6 Å². The molecule has 4 N–H and O–H groups in total. The number of pyridine rings is 1. The van der Waals surface area contributed by atoms with Crippen LogP contribution in [0.1, 0.15) is 31.2 Å². The summed E-state index contributed by atoms with van der Waals surface area (Å²) in [5, 5.41) is 6.35. The lowest BCUT2D eigenvalue weighted by Gasteiger charge is -2.38. The number of nitrogens with one attached hydrogen (secondary N) is 2. The molecular formula is C22H32Cl2N4O2. The zero-order valence-electron chi connectivity index (χ0n) is 17.7. The van der Waals surface area contributed by atoms with Gasteiger partial charge in [-0.3, -0.25) is 4.79 Å². The summed E-state index contributed by atoms with van der Waals surface area (Å²) in [5.74, 6) is 1.40. The Morgan fingerprint density at radius 1 is 1.17 bits per heavy atom. The van der Waals surface area contributed by atoms with Gasteiger partial charge in [0.05, 0.1) is 12.5 Å². The van der Waals surface area contributed by atoms with Gasteiger partial charge >= 0.3 is 0 Å². The number of aromatic nitrogens is 1. The van der Waals surface area contributed by atoms with E-state index >= 15 is 0 Å². The monoisotopic (exact) mass is 454 g/mol. The molecule has 30 heavy (non-hydrogen) atoms. The Morgan fingerprint density at radius 3 is 2.33 bits per heavy atom. The molecule has 0 atom stereocenters. The third kappa shape index (κ3) is 5.56. The van der Waals surface area contributed by atoms with Crippen molar-refractivity contribution in [2.75, 3.05) is 26.5 Å². The summed E-state index contributed by atoms with van der Waals surface area (Å²) in [6.45, 7) is 0. The quantitative estimate of drug-likeness (QED) is 0.591. The number of anilines is 1. The van der Waals surface area contributed by atoms with E-state index in [4.69, 9.17) is 10.5 Å². The Hall–Kier alpha value is -2.02. The standard InChI is InChI=1S/C22H30N4O2.2ClH/c1-24-18-8-10-22(11-9-18,21(23)27)13-17-12-15(4-6-19(17)28-3)16-5-7-20(25-2)26-14-16;;/h4-7,12,14,18,24H,8-11,13H2,1-3H3,(H2,23,27)(H,25,26);2*1H. The van der Waals surface area contributed by atoms with Crippen LogP contribution in [0.4, 0.5) is 5.82 Å². The van der Waals surface area contributed by atoms with Crippen molar-refractivity contribution in [1.29, 1.82) is 0 Å². The van der Waals surface area contributed by atoms with Crippen molar-refractivity contribution in [3.8, 4) is 16.9 Å². The second-order valence-corrected chi connectivity index (χ2v) is 7.59. The third-order valence-corrected chi connectivity index (χ3v) is 6.04. The number of nitrogens with two attached hydrogens (primary N) is 1. The number of amides is 1. The van der Waals surface area contributed by atoms with Crippen LogP contribution in [0.3, 0.4) is 0 Å². The molecule has 0 spiro atoms. The van der Waals surface area contributed by atoms with Gasteiger partial charge in [-0.2, -0.15) is 0 Å². The largest absolute Gasteiger partial charge is 0.496 e. The second-order valence-electron chi connectivity index (χ2n) is 7.59. The molecule has 1 aromatic carbocycles. The fourth-order valence-electron chi connectivity index (χ4n) is 4.14. The molecule has 0 unspecified atom stereocenters. The molecule has 0 radical (unpaired) electrons. The maximum atomic E-state index is 12.4. The SMILES string of the molecule is CNc1ccc(-c2ccc(OC)c(CC3(C(N)=O)CCC(NC)CC3)c2)cn1.Cl.Cl. The van der Waals surface area contributed by atoms with E-state index in [9.17, 15) is 4.79 Å². The molecule has 1 heterocycles. The van der Waals surface area contributed by atoms with Crippen LogP contribution in [0.2, 0.25) is 0 Å². The van der Waals surface area contributed by atoms with Crippen LogP contribution in [-0.4, -0.2) is 38.1 Å². The Labute approximate surface area is 191 Å². The number of carbonyl (C=O) groups excluding carboxylic acids is 1. The van der Waals surface area contributed by atoms with Crippen molar-refractivity contribution in [3.05, 3.63) is 42.1 Å². The van der Waals surface area contributed by atoms with Gasteiger partial charge in [0, 0.05) is 24.8 Å². The number of methoxy groups -OCH3 is 1. The van der Waals surface area contributed by atoms with Gasteiger partial charge in [-0.15, -0.1) is 24.8 Å². The highest BCUT2D eigenvalue weighted by Crippen LogP contribution is 2.41. The minimum Gasteiger partial charge on any atom is -0.496 e. The number of hydrogen-bond acceptors (Lipinski definition) is 5. The normalized spacial score (nSPS) is 20.4. The summed E-state index contributed by atoms with van der Waals surface area (Å²) in [4.78, 5) is 16.8. The Kier molecular flexibility index (Phi) is 9.88. The Morgan fingerprint density at radius 2 is 1.83 bits per heavy atom. The van der Waals surface area contributed by atoms with Crippen LogP contribution in [0.15, 0.2) is 36.5 Å². The van der Waals surface area contributed by atoms with E-state index in [0.29, 0.717) is 12.5 Å². The van der Waals surface area contributed by atoms with Crippen molar-refractivity contribution >= 4 is 36.5 Å². The van der Waals surface area contributed by atoms with Crippen molar-refractivity contribution in [1.82, 2.24) is 10.3 Å². The molecule has 1 fully saturated rings. The molecule has 1 aromatic heterocycles. The van der Waals surface area contributed by atoms with E-state index in [1.165, 1.54) is 0 Å². The molecule has 8 heteroatoms. The first kappa shape index (κ1) is 26.0. The van der Waals surface area contributed by atoms with Gasteiger partial charge in [0.15, 0.2) is 0 Å². The lowest BCUT2D eigenvalue weighted by Crippen LogP contribution is -2.45. The molecule has 1 amide bonds. The Bertz CT molecular complexity index is 822. The van der Waals surface area contributed by atoms with Gasteiger partial charge in [-0.25, -0.2) is 4.98 Å². The predicted octanol–water partition coefficient (Wildman–Crippen LogP) is 3.82. The summed E-state index contributed by atoms with van der Waals surface area (Å²) in [6, 6.07) is 10.5. The fraction of sp³-hybridized carbons (Fsp3) is 0.455. The average Bonchev–Trinajstić information content (AvgIpc) is 2.74. The van der Waals surface area contributed by atoms with Crippen LogP contribution in [0.5, 0.6) is 5.75 Å². The zero-order valence-corrected chi connectivity index (χ0v) is 19.4. The number of ether oxygens (including phenoxy) is 1. The van der Waals surface area contributed by atoms with E-state index < -0.39 is 5.41 Å². The summed E-state index contributed by atoms with van der Waals surface area (Å²) < 4.78 is 5.59. The number of primary amides is 1. The second kappa shape index (κ2) is 11.4. The molecule has 0 saturated heterocycles. The van der Waals surface area contributed by atoms with Crippen LogP contribution < -0.4 is 21.1 Å². The predicted molar refractivity (Wildman–Crippen MR) is 127 cm³/mol. The lowest BCUT2D eigenvalue weighted by molar-refractivity contribution is -0.129. The minimum atomic E-state index is -0.520. The number of benzene rings is 1. The van der Waals surface area contributed by atoms with Crippen LogP contribution in [-0.2, 0) is 11.2 Å². The average molecular weight is 455 g/mol. The minimum absolute atomic E-state index is 0. The molecule has 0 aliphatic heterocycles. The van der Waals surface area contributed by atoms with Gasteiger partial charge < -0.3 is 21.1 Å². The highest BCUT2D eigenvalue weighted by molar-refractivity contribution is 5.85. The molecule has 3 rings (SSSR count). The fourth-order valence-corrected chi connectivity index (χ4v) is 4.14. The first-order valence-electron chi connectivity index (χ1n) is 9.79. The molecule has 1 saturated carbocycles. The topological polar surface area (TPSA) is 89.3 Å². The number of nitrogens with zero attached hydrogens (tertiary/aromatic N) is 1. The first-order valence-corrected chi connectivity index (χ1v) is 9.79. The third-order valence-electron chi connectivity index (χ3n) is 6.04. The molecule has 1 aliphatic carbocycles. The molecule has 6 nitrogen and oxygen atoms in total. The van der Waals surface area contributed by atoms with Crippen LogP contribution >= 0.6 is 24.8 Å².